The summed E-state index contributed by atoms with van der Waals surface area (Å²) in [5.41, 5.74) is 5.07. The van der Waals surface area contributed by atoms with Gasteiger partial charge in [0.2, 0.25) is 0 Å². The summed E-state index contributed by atoms with van der Waals surface area (Å²) in [7, 11) is 1.77. The molecule has 5 heteroatoms. The lowest BCUT2D eigenvalue weighted by atomic mass is 9.80. The number of ether oxygens (including phenoxy) is 2. The van der Waals surface area contributed by atoms with Gasteiger partial charge in [-0.3, -0.25) is 9.69 Å². The molecule has 2 aliphatic heterocycles. The Morgan fingerprint density at radius 2 is 1.89 bits per heavy atom. The van der Waals surface area contributed by atoms with Crippen LogP contribution < -0.4 is 9.47 Å². The molecular weight excluding hydrogens is 450 g/mol. The highest BCUT2D eigenvalue weighted by Gasteiger charge is 2.42. The van der Waals surface area contributed by atoms with Crippen LogP contribution in [0.3, 0.4) is 0 Å². The van der Waals surface area contributed by atoms with E-state index in [1.165, 1.54) is 29.5 Å². The fourth-order valence-electron chi connectivity index (χ4n) is 6.61. The summed E-state index contributed by atoms with van der Waals surface area (Å²) in [6.07, 6.45) is 9.05. The monoisotopic (exact) mass is 489 g/mol. The standard InChI is InChI=1S/C31H39NO4/c1-20(30(33)34)29(23-6-7-23)25-8-5-22-11-12-31(36-28(22)18-25)13-15-32(16-14-31)19-26-17-24(21-3-4-21)9-10-27(26)35-2/h5,8-10,17-18,20-21,23,29H,3-4,6-7,11-16,19H2,1-2H3,(H,33,34)/t20-,29-/m0/s1. The van der Waals surface area contributed by atoms with Crippen LogP contribution in [0.5, 0.6) is 11.5 Å². The summed E-state index contributed by atoms with van der Waals surface area (Å²) in [6.45, 7) is 4.83. The molecule has 3 fully saturated rings. The van der Waals surface area contributed by atoms with Gasteiger partial charge in [0, 0.05) is 25.2 Å². The van der Waals surface area contributed by atoms with E-state index in [1.807, 2.05) is 6.92 Å². The average molecular weight is 490 g/mol. The first kappa shape index (κ1) is 23.8. The lowest BCUT2D eigenvalue weighted by Crippen LogP contribution is -2.49. The van der Waals surface area contributed by atoms with Gasteiger partial charge >= 0.3 is 5.97 Å². The van der Waals surface area contributed by atoms with Crippen LogP contribution in [0.25, 0.3) is 0 Å². The topological polar surface area (TPSA) is 59.0 Å². The number of rotatable bonds is 8. The van der Waals surface area contributed by atoms with Crippen LogP contribution in [0.15, 0.2) is 36.4 Å². The highest BCUT2D eigenvalue weighted by molar-refractivity contribution is 5.71. The van der Waals surface area contributed by atoms with Gasteiger partial charge in [-0.1, -0.05) is 31.2 Å². The number of aliphatic carboxylic acids is 1. The highest BCUT2D eigenvalue weighted by atomic mass is 16.5. The van der Waals surface area contributed by atoms with Crippen molar-refractivity contribution in [2.24, 2.45) is 11.8 Å². The molecule has 0 aromatic heterocycles. The maximum Gasteiger partial charge on any atom is 0.306 e. The molecule has 0 radical (unpaired) electrons. The second-order valence-corrected chi connectivity index (χ2v) is 11.8. The number of fused-ring (bicyclic) bond motifs is 1. The Morgan fingerprint density at radius 1 is 1.11 bits per heavy atom. The zero-order chi connectivity index (χ0) is 24.9. The molecule has 5 nitrogen and oxygen atoms in total. The lowest BCUT2D eigenvalue weighted by Gasteiger charge is -2.45. The summed E-state index contributed by atoms with van der Waals surface area (Å²) in [5, 5.41) is 9.69. The second-order valence-electron chi connectivity index (χ2n) is 11.8. The van der Waals surface area contributed by atoms with Crippen LogP contribution in [0.4, 0.5) is 0 Å². The molecule has 2 atom stereocenters. The minimum Gasteiger partial charge on any atom is -0.496 e. The molecular formula is C31H39NO4. The molecule has 1 spiro atoms. The van der Waals surface area contributed by atoms with E-state index in [9.17, 15) is 9.90 Å². The Bertz CT molecular complexity index is 1130. The largest absolute Gasteiger partial charge is 0.496 e. The summed E-state index contributed by atoms with van der Waals surface area (Å²) in [6, 6.07) is 13.3. The van der Waals surface area contributed by atoms with E-state index in [1.54, 1.807) is 7.11 Å². The van der Waals surface area contributed by atoms with Crippen LogP contribution in [0.2, 0.25) is 0 Å². The molecule has 2 aliphatic carbocycles. The maximum atomic E-state index is 11.8. The average Bonchev–Trinajstić information content (AvgIpc) is 3.80. The van der Waals surface area contributed by atoms with Crippen LogP contribution in [0, 0.1) is 11.8 Å². The van der Waals surface area contributed by atoms with E-state index in [2.05, 4.69) is 41.3 Å². The van der Waals surface area contributed by atoms with Gasteiger partial charge in [0.1, 0.15) is 17.1 Å². The number of carbonyl (C=O) groups is 1. The molecule has 4 aliphatic rings. The number of hydrogen-bond acceptors (Lipinski definition) is 4. The molecule has 0 bridgehead atoms. The van der Waals surface area contributed by atoms with Crippen molar-refractivity contribution >= 4 is 5.97 Å². The predicted octanol–water partition coefficient (Wildman–Crippen LogP) is 6.15. The van der Waals surface area contributed by atoms with E-state index in [4.69, 9.17) is 9.47 Å². The zero-order valence-corrected chi connectivity index (χ0v) is 21.7. The molecule has 0 amide bonds. The number of benzene rings is 2. The number of aryl methyl sites for hydroxylation is 1. The van der Waals surface area contributed by atoms with E-state index in [0.29, 0.717) is 5.92 Å². The zero-order valence-electron chi connectivity index (χ0n) is 21.7. The van der Waals surface area contributed by atoms with Crippen molar-refractivity contribution in [3.63, 3.8) is 0 Å². The molecule has 1 N–H and O–H groups in total. The smallest absolute Gasteiger partial charge is 0.306 e. The minimum atomic E-state index is -0.700. The van der Waals surface area contributed by atoms with Crippen molar-refractivity contribution in [3.8, 4) is 11.5 Å². The van der Waals surface area contributed by atoms with Crippen molar-refractivity contribution < 1.29 is 19.4 Å². The molecule has 2 aromatic rings. The van der Waals surface area contributed by atoms with Gasteiger partial charge in [-0.05, 0) is 97.9 Å². The van der Waals surface area contributed by atoms with E-state index in [0.717, 1.165) is 81.1 Å². The van der Waals surface area contributed by atoms with Gasteiger partial charge in [-0.15, -0.1) is 0 Å². The Morgan fingerprint density at radius 3 is 2.56 bits per heavy atom. The van der Waals surface area contributed by atoms with Crippen molar-refractivity contribution in [2.45, 2.75) is 82.3 Å². The number of likely N-dealkylation sites (tertiary alicyclic amines) is 1. The molecule has 2 aromatic carbocycles. The molecule has 0 unspecified atom stereocenters. The van der Waals surface area contributed by atoms with E-state index >= 15 is 0 Å². The molecule has 6 rings (SSSR count). The van der Waals surface area contributed by atoms with Crippen LogP contribution in [-0.2, 0) is 17.8 Å². The highest BCUT2D eigenvalue weighted by Crippen LogP contribution is 2.49. The Kier molecular flexibility index (Phi) is 6.23. The van der Waals surface area contributed by atoms with Crippen molar-refractivity contribution in [1.82, 2.24) is 4.90 Å². The molecule has 192 valence electrons. The Balaban J connectivity index is 1.14. The van der Waals surface area contributed by atoms with E-state index in [-0.39, 0.29) is 17.4 Å². The van der Waals surface area contributed by atoms with Crippen molar-refractivity contribution in [1.29, 1.82) is 0 Å². The number of carboxylic acids is 1. The van der Waals surface area contributed by atoms with Crippen LogP contribution in [0.1, 0.15) is 86.0 Å². The van der Waals surface area contributed by atoms with E-state index < -0.39 is 5.97 Å². The van der Waals surface area contributed by atoms with Gasteiger partial charge in [0.05, 0.1) is 13.0 Å². The second kappa shape index (κ2) is 9.41. The Hall–Kier alpha value is -2.53. The fraction of sp³-hybridized carbons (Fsp3) is 0.581. The number of nitrogens with zero attached hydrogens (tertiary/aromatic N) is 1. The van der Waals surface area contributed by atoms with Crippen LogP contribution in [-0.4, -0.2) is 41.8 Å². The van der Waals surface area contributed by atoms with Crippen molar-refractivity contribution in [2.75, 3.05) is 20.2 Å². The first-order valence-corrected chi connectivity index (χ1v) is 13.9. The maximum absolute atomic E-state index is 11.8. The molecule has 1 saturated heterocycles. The number of carboxylic acid groups (broad SMARTS) is 1. The summed E-state index contributed by atoms with van der Waals surface area (Å²) in [5.74, 6) is 2.24. The summed E-state index contributed by atoms with van der Waals surface area (Å²) >= 11 is 0. The number of hydrogen-bond donors (Lipinski definition) is 1. The van der Waals surface area contributed by atoms with Gasteiger partial charge in [-0.25, -0.2) is 0 Å². The van der Waals surface area contributed by atoms with Gasteiger partial charge in [0.15, 0.2) is 0 Å². The van der Waals surface area contributed by atoms with Crippen molar-refractivity contribution in [3.05, 3.63) is 58.7 Å². The summed E-state index contributed by atoms with van der Waals surface area (Å²) in [4.78, 5) is 14.3. The predicted molar refractivity (Wildman–Crippen MR) is 140 cm³/mol. The van der Waals surface area contributed by atoms with Gasteiger partial charge < -0.3 is 14.6 Å². The third-order valence-corrected chi connectivity index (χ3v) is 9.23. The molecule has 2 heterocycles. The lowest BCUT2D eigenvalue weighted by molar-refractivity contribution is -0.142. The molecule has 36 heavy (non-hydrogen) atoms. The minimum absolute atomic E-state index is 0.0810. The third-order valence-electron chi connectivity index (χ3n) is 9.23. The number of piperidine rings is 1. The Labute approximate surface area is 214 Å². The normalized spacial score (nSPS) is 22.9. The quantitative estimate of drug-likeness (QED) is 0.482. The SMILES string of the molecule is COc1ccc(C2CC2)cc1CN1CCC2(CCc3ccc([C@H](C4CC4)[C@H](C)C(=O)O)cc3O2)CC1. The van der Waals surface area contributed by atoms with Gasteiger partial charge in [-0.2, -0.15) is 0 Å². The third kappa shape index (κ3) is 4.74. The number of methoxy groups -OCH3 is 1. The molecule has 2 saturated carbocycles. The van der Waals surface area contributed by atoms with Crippen LogP contribution >= 0.6 is 0 Å². The first-order valence-electron chi connectivity index (χ1n) is 13.9. The fourth-order valence-corrected chi connectivity index (χ4v) is 6.61. The summed E-state index contributed by atoms with van der Waals surface area (Å²) < 4.78 is 12.5. The van der Waals surface area contributed by atoms with Gasteiger partial charge in [0.25, 0.3) is 0 Å². The first-order chi connectivity index (χ1) is 17.4.